The summed E-state index contributed by atoms with van der Waals surface area (Å²) in [6, 6.07) is 0. The number of aryl methyl sites for hydroxylation is 2. The fourth-order valence-corrected chi connectivity index (χ4v) is 4.60. The molecule has 1 aliphatic rings. The van der Waals surface area contributed by atoms with E-state index < -0.39 is 10.0 Å². The van der Waals surface area contributed by atoms with Gasteiger partial charge in [0.1, 0.15) is 4.90 Å². The van der Waals surface area contributed by atoms with Crippen molar-refractivity contribution in [2.75, 3.05) is 19.6 Å². The second kappa shape index (κ2) is 6.62. The maximum Gasteiger partial charge on any atom is 0.246 e. The van der Waals surface area contributed by atoms with Crippen LogP contribution in [0.2, 0.25) is 0 Å². The Kier molecular flexibility index (Phi) is 5.02. The molecule has 1 amide bonds. The molecule has 7 nitrogen and oxygen atoms in total. The molecule has 8 heteroatoms. The third-order valence-electron chi connectivity index (χ3n) is 3.83. The van der Waals surface area contributed by atoms with Crippen LogP contribution in [0.5, 0.6) is 0 Å². The Hall–Kier alpha value is -1.67. The van der Waals surface area contributed by atoms with Crippen LogP contribution in [0.1, 0.15) is 24.2 Å². The second-order valence-electron chi connectivity index (χ2n) is 5.50. The number of hydrogen-bond donors (Lipinski definition) is 2. The van der Waals surface area contributed by atoms with Gasteiger partial charge < -0.3 is 5.32 Å². The minimum atomic E-state index is -3.63. The maximum absolute atomic E-state index is 12.8. The first-order valence-electron chi connectivity index (χ1n) is 7.28. The van der Waals surface area contributed by atoms with Gasteiger partial charge in [0, 0.05) is 19.6 Å². The predicted molar refractivity (Wildman–Crippen MR) is 82.8 cm³/mol. The summed E-state index contributed by atoms with van der Waals surface area (Å²) in [5.41, 5.74) is 0.978. The van der Waals surface area contributed by atoms with Gasteiger partial charge in [-0.2, -0.15) is 9.40 Å². The standard InChI is InChI=1S/C14H22N4O3S/c1-4-7-15-14(19)12-6-5-8-18(9-12)22(20,21)13-10(2)16-17-11(13)3/h4,12H,1,5-9H2,2-3H3,(H,15,19)(H,16,17). The molecule has 0 bridgehead atoms. The van der Waals surface area contributed by atoms with Gasteiger partial charge in [-0.3, -0.25) is 9.89 Å². The molecule has 122 valence electrons. The fraction of sp³-hybridized carbons (Fsp3) is 0.571. The third-order valence-corrected chi connectivity index (χ3v) is 5.96. The number of carbonyl (C=O) groups excluding carboxylic acids is 1. The van der Waals surface area contributed by atoms with Crippen molar-refractivity contribution in [3.63, 3.8) is 0 Å². The number of rotatable bonds is 5. The van der Waals surface area contributed by atoms with E-state index in [1.807, 2.05) is 0 Å². The summed E-state index contributed by atoms with van der Waals surface area (Å²) in [5.74, 6) is -0.448. The van der Waals surface area contributed by atoms with Gasteiger partial charge in [-0.05, 0) is 26.7 Å². The number of amides is 1. The van der Waals surface area contributed by atoms with Gasteiger partial charge in [0.05, 0.1) is 17.3 Å². The zero-order valence-electron chi connectivity index (χ0n) is 12.9. The number of aromatic nitrogens is 2. The van der Waals surface area contributed by atoms with E-state index in [0.29, 0.717) is 37.3 Å². The number of sulfonamides is 1. The third kappa shape index (κ3) is 3.22. The van der Waals surface area contributed by atoms with Crippen molar-refractivity contribution < 1.29 is 13.2 Å². The number of H-pyrrole nitrogens is 1. The summed E-state index contributed by atoms with van der Waals surface area (Å²) < 4.78 is 27.0. The molecule has 0 aromatic carbocycles. The van der Waals surface area contributed by atoms with Crippen LogP contribution in [-0.4, -0.2) is 48.5 Å². The fourth-order valence-electron chi connectivity index (χ4n) is 2.74. The summed E-state index contributed by atoms with van der Waals surface area (Å²) in [5, 5.41) is 9.38. The zero-order valence-corrected chi connectivity index (χ0v) is 13.7. The lowest BCUT2D eigenvalue weighted by atomic mass is 9.99. The Labute approximate surface area is 130 Å². The summed E-state index contributed by atoms with van der Waals surface area (Å²) >= 11 is 0. The Morgan fingerprint density at radius 2 is 2.27 bits per heavy atom. The van der Waals surface area contributed by atoms with E-state index in [2.05, 4.69) is 22.1 Å². The average Bonchev–Trinajstić information content (AvgIpc) is 2.84. The molecule has 0 spiro atoms. The van der Waals surface area contributed by atoms with E-state index in [0.717, 1.165) is 0 Å². The molecule has 1 aromatic rings. The predicted octanol–water partition coefficient (Wildman–Crippen LogP) is 0.729. The SMILES string of the molecule is C=CCNC(=O)C1CCCN(S(=O)(=O)c2c(C)n[nH]c2C)C1. The maximum atomic E-state index is 12.8. The van der Waals surface area contributed by atoms with Crippen molar-refractivity contribution >= 4 is 15.9 Å². The number of carbonyl (C=O) groups is 1. The molecule has 1 atom stereocenters. The van der Waals surface area contributed by atoms with Crippen LogP contribution < -0.4 is 5.32 Å². The highest BCUT2D eigenvalue weighted by molar-refractivity contribution is 7.89. The largest absolute Gasteiger partial charge is 0.352 e. The Balaban J connectivity index is 2.18. The van der Waals surface area contributed by atoms with Crippen molar-refractivity contribution in [3.8, 4) is 0 Å². The van der Waals surface area contributed by atoms with E-state index in [9.17, 15) is 13.2 Å². The van der Waals surface area contributed by atoms with Gasteiger partial charge in [0.25, 0.3) is 0 Å². The zero-order chi connectivity index (χ0) is 16.3. The van der Waals surface area contributed by atoms with E-state index in [4.69, 9.17) is 0 Å². The summed E-state index contributed by atoms with van der Waals surface area (Å²) in [6.07, 6.45) is 2.97. The molecule has 1 unspecified atom stereocenters. The van der Waals surface area contributed by atoms with Gasteiger partial charge in [0.2, 0.25) is 15.9 Å². The molecule has 2 heterocycles. The normalized spacial score (nSPS) is 19.8. The quantitative estimate of drug-likeness (QED) is 0.780. The lowest BCUT2D eigenvalue weighted by Gasteiger charge is -2.31. The monoisotopic (exact) mass is 326 g/mol. The highest BCUT2D eigenvalue weighted by Gasteiger charge is 2.35. The molecule has 0 radical (unpaired) electrons. The molecule has 1 fully saturated rings. The van der Waals surface area contributed by atoms with Gasteiger partial charge in [-0.25, -0.2) is 8.42 Å². The molecule has 22 heavy (non-hydrogen) atoms. The molecular formula is C14H22N4O3S. The van der Waals surface area contributed by atoms with Gasteiger partial charge in [-0.15, -0.1) is 6.58 Å². The molecule has 1 aromatic heterocycles. The van der Waals surface area contributed by atoms with E-state index in [-0.39, 0.29) is 23.3 Å². The Morgan fingerprint density at radius 1 is 1.55 bits per heavy atom. The van der Waals surface area contributed by atoms with Crippen LogP contribution in [0, 0.1) is 19.8 Å². The molecule has 2 N–H and O–H groups in total. The van der Waals surface area contributed by atoms with E-state index >= 15 is 0 Å². The van der Waals surface area contributed by atoms with Crippen molar-refractivity contribution in [2.45, 2.75) is 31.6 Å². The lowest BCUT2D eigenvalue weighted by Crippen LogP contribution is -2.45. The van der Waals surface area contributed by atoms with Gasteiger partial charge >= 0.3 is 0 Å². The second-order valence-corrected chi connectivity index (χ2v) is 7.37. The number of nitrogens with one attached hydrogen (secondary N) is 2. The Bertz CT molecular complexity index is 646. The number of piperidine rings is 1. The summed E-state index contributed by atoms with van der Waals surface area (Å²) in [7, 11) is -3.63. The number of aromatic amines is 1. The molecule has 2 rings (SSSR count). The van der Waals surface area contributed by atoms with Crippen LogP contribution in [0.4, 0.5) is 0 Å². The molecule has 1 saturated heterocycles. The van der Waals surface area contributed by atoms with Crippen molar-refractivity contribution in [1.82, 2.24) is 19.8 Å². The van der Waals surface area contributed by atoms with Crippen molar-refractivity contribution in [3.05, 3.63) is 24.0 Å². The highest BCUT2D eigenvalue weighted by Crippen LogP contribution is 2.26. The number of hydrogen-bond acceptors (Lipinski definition) is 4. The molecule has 0 aliphatic carbocycles. The average molecular weight is 326 g/mol. The van der Waals surface area contributed by atoms with Crippen LogP contribution in [0.25, 0.3) is 0 Å². The topological polar surface area (TPSA) is 95.2 Å². The van der Waals surface area contributed by atoms with E-state index in [1.54, 1.807) is 19.9 Å². The van der Waals surface area contributed by atoms with Crippen LogP contribution in [0.3, 0.4) is 0 Å². The van der Waals surface area contributed by atoms with Crippen LogP contribution >= 0.6 is 0 Å². The minimum Gasteiger partial charge on any atom is -0.352 e. The van der Waals surface area contributed by atoms with Crippen molar-refractivity contribution in [1.29, 1.82) is 0 Å². The lowest BCUT2D eigenvalue weighted by molar-refractivity contribution is -0.125. The van der Waals surface area contributed by atoms with Crippen molar-refractivity contribution in [2.24, 2.45) is 5.92 Å². The Morgan fingerprint density at radius 3 is 2.86 bits per heavy atom. The minimum absolute atomic E-state index is 0.125. The van der Waals surface area contributed by atoms with E-state index in [1.165, 1.54) is 4.31 Å². The first-order valence-corrected chi connectivity index (χ1v) is 8.72. The van der Waals surface area contributed by atoms with Crippen LogP contribution in [-0.2, 0) is 14.8 Å². The number of nitrogens with zero attached hydrogens (tertiary/aromatic N) is 2. The van der Waals surface area contributed by atoms with Gasteiger partial charge in [0.15, 0.2) is 0 Å². The van der Waals surface area contributed by atoms with Crippen LogP contribution in [0.15, 0.2) is 17.6 Å². The van der Waals surface area contributed by atoms with Gasteiger partial charge in [-0.1, -0.05) is 6.08 Å². The molecule has 0 saturated carbocycles. The molecule has 1 aliphatic heterocycles. The highest BCUT2D eigenvalue weighted by atomic mass is 32.2. The first kappa shape index (κ1) is 16.7. The smallest absolute Gasteiger partial charge is 0.246 e. The first-order chi connectivity index (χ1) is 10.4. The summed E-state index contributed by atoms with van der Waals surface area (Å²) in [4.78, 5) is 12.3. The molecular weight excluding hydrogens is 304 g/mol. The summed E-state index contributed by atoms with van der Waals surface area (Å²) in [6.45, 7) is 7.92.